The Bertz CT molecular complexity index is 2980. The summed E-state index contributed by atoms with van der Waals surface area (Å²) in [5.41, 5.74) is 10.7. The molecule has 0 amide bonds. The van der Waals surface area contributed by atoms with E-state index in [0.29, 0.717) is 0 Å². The first-order valence-electron chi connectivity index (χ1n) is 17.2. The van der Waals surface area contributed by atoms with E-state index >= 15 is 0 Å². The van der Waals surface area contributed by atoms with Crippen molar-refractivity contribution in [3.05, 3.63) is 176 Å². The van der Waals surface area contributed by atoms with Gasteiger partial charge in [0.15, 0.2) is 0 Å². The zero-order chi connectivity index (χ0) is 32.8. The largest absolute Gasteiger partial charge is 0.456 e. The second-order valence-corrected chi connectivity index (χ2v) is 13.3. The van der Waals surface area contributed by atoms with Gasteiger partial charge in [-0.3, -0.25) is 0 Å². The summed E-state index contributed by atoms with van der Waals surface area (Å²) in [7, 11) is 0. The summed E-state index contributed by atoms with van der Waals surface area (Å²) in [6, 6.07) is 63.8. The molecule has 1 aliphatic heterocycles. The van der Waals surface area contributed by atoms with Gasteiger partial charge in [-0.25, -0.2) is 0 Å². The average Bonchev–Trinajstić information content (AvgIpc) is 3.54. The first-order chi connectivity index (χ1) is 24.8. The normalized spacial score (nSPS) is 12.2. The number of benzene rings is 9. The molecule has 0 spiro atoms. The standard InChI is InChI=1S/C48H29NO/c1-3-11-38-33(7-1)22-27-43-47(38)41-26-21-34-8-2-4-12-39(34)48(41)49(43)37-24-19-31(20-25-37)30-15-17-32(18-16-30)36-23-28-44-42(29-36)40-13-5-9-35-10-6-14-45(50-44)46(35)40/h1-29H. The highest BCUT2D eigenvalue weighted by molar-refractivity contribution is 6.26. The van der Waals surface area contributed by atoms with Crippen LogP contribution in [0, 0.1) is 0 Å². The Hall–Kier alpha value is -6.64. The lowest BCUT2D eigenvalue weighted by Gasteiger charge is -2.22. The Morgan fingerprint density at radius 2 is 0.980 bits per heavy atom. The summed E-state index contributed by atoms with van der Waals surface area (Å²) < 4.78 is 8.79. The van der Waals surface area contributed by atoms with Crippen molar-refractivity contribution in [3.63, 3.8) is 0 Å². The van der Waals surface area contributed by atoms with E-state index in [1.807, 2.05) is 0 Å². The van der Waals surface area contributed by atoms with Crippen molar-refractivity contribution in [1.29, 1.82) is 0 Å². The molecule has 10 aromatic rings. The van der Waals surface area contributed by atoms with Crippen molar-refractivity contribution in [3.8, 4) is 50.6 Å². The highest BCUT2D eigenvalue weighted by Gasteiger charge is 2.21. The van der Waals surface area contributed by atoms with Crippen molar-refractivity contribution in [2.24, 2.45) is 0 Å². The fraction of sp³-hybridized carbons (Fsp3) is 0. The molecule has 50 heavy (non-hydrogen) atoms. The molecule has 2 nitrogen and oxygen atoms in total. The Labute approximate surface area is 289 Å². The number of hydrogen-bond donors (Lipinski definition) is 0. The van der Waals surface area contributed by atoms with Crippen LogP contribution in [0.3, 0.4) is 0 Å². The summed E-state index contributed by atoms with van der Waals surface area (Å²) in [6.07, 6.45) is 0. The predicted molar refractivity (Wildman–Crippen MR) is 210 cm³/mol. The fourth-order valence-electron chi connectivity index (χ4n) is 8.22. The van der Waals surface area contributed by atoms with Crippen molar-refractivity contribution in [1.82, 2.24) is 4.57 Å². The van der Waals surface area contributed by atoms with Crippen LogP contribution >= 0.6 is 0 Å². The van der Waals surface area contributed by atoms with Gasteiger partial charge in [-0.15, -0.1) is 0 Å². The molecule has 0 unspecified atom stereocenters. The molecule has 1 aliphatic rings. The molecular weight excluding hydrogens is 607 g/mol. The third-order valence-corrected chi connectivity index (χ3v) is 10.6. The minimum atomic E-state index is 0.904. The molecule has 2 heterocycles. The molecule has 11 rings (SSSR count). The summed E-state index contributed by atoms with van der Waals surface area (Å²) in [4.78, 5) is 0. The minimum absolute atomic E-state index is 0.904. The van der Waals surface area contributed by atoms with Crippen molar-refractivity contribution < 1.29 is 4.74 Å². The molecule has 0 saturated heterocycles. The molecule has 0 atom stereocenters. The molecule has 0 fully saturated rings. The highest BCUT2D eigenvalue weighted by Crippen LogP contribution is 2.47. The average molecular weight is 636 g/mol. The number of nitrogens with zero attached hydrogens (tertiary/aromatic N) is 1. The van der Waals surface area contributed by atoms with Crippen LogP contribution in [0.25, 0.3) is 93.2 Å². The van der Waals surface area contributed by atoms with Gasteiger partial charge in [0.05, 0.1) is 11.0 Å². The van der Waals surface area contributed by atoms with Crippen LogP contribution in [0.15, 0.2) is 176 Å². The van der Waals surface area contributed by atoms with Gasteiger partial charge in [-0.05, 0) is 85.8 Å². The van der Waals surface area contributed by atoms with Crippen molar-refractivity contribution in [2.45, 2.75) is 0 Å². The van der Waals surface area contributed by atoms with E-state index in [1.54, 1.807) is 0 Å². The number of ether oxygens (including phenoxy) is 1. The number of hydrogen-bond acceptors (Lipinski definition) is 1. The SMILES string of the molecule is c1cc2c3c(cccc3c1)-c1cc(-c3ccc(-c4ccc(-n5c6ccc7ccccc7c6c6ccc7ccccc7c65)cc4)cc3)ccc1O2. The maximum atomic E-state index is 6.34. The van der Waals surface area contributed by atoms with Crippen LogP contribution in [0.1, 0.15) is 0 Å². The molecule has 2 heteroatoms. The molecule has 232 valence electrons. The second kappa shape index (κ2) is 10.4. The summed E-state index contributed by atoms with van der Waals surface area (Å²) in [6.45, 7) is 0. The van der Waals surface area contributed by atoms with Crippen LogP contribution in [-0.4, -0.2) is 4.57 Å². The molecule has 1 aromatic heterocycles. The maximum absolute atomic E-state index is 6.34. The number of rotatable bonds is 3. The Morgan fingerprint density at radius 3 is 1.78 bits per heavy atom. The summed E-state index contributed by atoms with van der Waals surface area (Å²) in [5.74, 6) is 1.83. The monoisotopic (exact) mass is 635 g/mol. The van der Waals surface area contributed by atoms with Gasteiger partial charge in [0, 0.05) is 32.8 Å². The van der Waals surface area contributed by atoms with Crippen LogP contribution < -0.4 is 4.74 Å². The molecule has 0 N–H and O–H groups in total. The van der Waals surface area contributed by atoms with Crippen LogP contribution in [0.5, 0.6) is 11.5 Å². The number of aromatic nitrogens is 1. The molecular formula is C48H29NO. The summed E-state index contributed by atoms with van der Waals surface area (Å²) >= 11 is 0. The smallest absolute Gasteiger partial charge is 0.135 e. The lowest BCUT2D eigenvalue weighted by atomic mass is 9.92. The first kappa shape index (κ1) is 27.3. The van der Waals surface area contributed by atoms with Gasteiger partial charge in [0.2, 0.25) is 0 Å². The van der Waals surface area contributed by atoms with Gasteiger partial charge in [0.25, 0.3) is 0 Å². The topological polar surface area (TPSA) is 14.2 Å². The van der Waals surface area contributed by atoms with Crippen molar-refractivity contribution >= 4 is 54.1 Å². The summed E-state index contributed by atoms with van der Waals surface area (Å²) in [5, 5.41) is 10.0. The number of fused-ring (bicyclic) bond motifs is 9. The van der Waals surface area contributed by atoms with Gasteiger partial charge in [0.1, 0.15) is 11.5 Å². The predicted octanol–water partition coefficient (Wildman–Crippen LogP) is 13.3. The van der Waals surface area contributed by atoms with E-state index in [1.165, 1.54) is 81.9 Å². The van der Waals surface area contributed by atoms with E-state index in [4.69, 9.17) is 4.74 Å². The van der Waals surface area contributed by atoms with E-state index in [0.717, 1.165) is 22.7 Å². The zero-order valence-corrected chi connectivity index (χ0v) is 27.1. The minimum Gasteiger partial charge on any atom is -0.456 e. The molecule has 0 radical (unpaired) electrons. The van der Waals surface area contributed by atoms with E-state index in [2.05, 4.69) is 180 Å². The third kappa shape index (κ3) is 3.96. The lowest BCUT2D eigenvalue weighted by molar-refractivity contribution is 0.487. The molecule has 9 aromatic carbocycles. The van der Waals surface area contributed by atoms with Crippen LogP contribution in [0.2, 0.25) is 0 Å². The molecule has 0 saturated carbocycles. The lowest BCUT2D eigenvalue weighted by Crippen LogP contribution is -1.97. The quantitative estimate of drug-likeness (QED) is 0.188. The second-order valence-electron chi connectivity index (χ2n) is 13.3. The fourth-order valence-corrected chi connectivity index (χ4v) is 8.22. The van der Waals surface area contributed by atoms with E-state index < -0.39 is 0 Å². The Kier molecular flexibility index (Phi) is 5.70. The van der Waals surface area contributed by atoms with Gasteiger partial charge >= 0.3 is 0 Å². The first-order valence-corrected chi connectivity index (χ1v) is 17.2. The van der Waals surface area contributed by atoms with Gasteiger partial charge < -0.3 is 9.30 Å². The van der Waals surface area contributed by atoms with E-state index in [9.17, 15) is 0 Å². The molecule has 0 bridgehead atoms. The molecule has 0 aliphatic carbocycles. The van der Waals surface area contributed by atoms with Crippen LogP contribution in [0.4, 0.5) is 0 Å². The van der Waals surface area contributed by atoms with Gasteiger partial charge in [-0.1, -0.05) is 140 Å². The van der Waals surface area contributed by atoms with E-state index in [-0.39, 0.29) is 0 Å². The Balaban J connectivity index is 0.985. The zero-order valence-electron chi connectivity index (χ0n) is 27.1. The van der Waals surface area contributed by atoms with Gasteiger partial charge in [-0.2, -0.15) is 0 Å². The Morgan fingerprint density at radius 1 is 0.360 bits per heavy atom. The third-order valence-electron chi connectivity index (χ3n) is 10.6. The van der Waals surface area contributed by atoms with Crippen LogP contribution in [-0.2, 0) is 0 Å². The highest BCUT2D eigenvalue weighted by atomic mass is 16.5. The maximum Gasteiger partial charge on any atom is 0.135 e. The van der Waals surface area contributed by atoms with Crippen molar-refractivity contribution in [2.75, 3.05) is 0 Å².